The van der Waals surface area contributed by atoms with Crippen LogP contribution in [0, 0.1) is 15.9 Å². The van der Waals surface area contributed by atoms with Crippen LogP contribution < -0.4 is 4.74 Å². The third-order valence-electron chi connectivity index (χ3n) is 3.81. The average Bonchev–Trinajstić information content (AvgIpc) is 2.53. The fraction of sp³-hybridized carbons (Fsp3) is 0.278. The van der Waals surface area contributed by atoms with Gasteiger partial charge in [-0.05, 0) is 50.6 Å². The molecule has 0 aliphatic carbocycles. The predicted molar refractivity (Wildman–Crippen MR) is 92.0 cm³/mol. The minimum Gasteiger partial charge on any atom is -0.410 e. The van der Waals surface area contributed by atoms with Crippen molar-refractivity contribution in [3.8, 4) is 16.9 Å². The molecule has 25 heavy (non-hydrogen) atoms. The summed E-state index contributed by atoms with van der Waals surface area (Å²) >= 11 is 0. The Balaban J connectivity index is 2.25. The summed E-state index contributed by atoms with van der Waals surface area (Å²) in [5.41, 5.74) is 0.0302. The summed E-state index contributed by atoms with van der Waals surface area (Å²) in [6, 6.07) is 9.38. The van der Waals surface area contributed by atoms with Gasteiger partial charge in [0.05, 0.1) is 10.5 Å². The van der Waals surface area contributed by atoms with E-state index in [1.54, 1.807) is 19.2 Å². The van der Waals surface area contributed by atoms with Gasteiger partial charge in [0.2, 0.25) is 0 Å². The molecule has 0 radical (unpaired) electrons. The molecule has 0 saturated carbocycles. The molecule has 7 heteroatoms. The molecule has 0 spiro atoms. The van der Waals surface area contributed by atoms with Crippen molar-refractivity contribution in [2.75, 3.05) is 7.05 Å². The molecule has 0 bridgehead atoms. The summed E-state index contributed by atoms with van der Waals surface area (Å²) < 4.78 is 18.7. The Labute approximate surface area is 145 Å². The lowest BCUT2D eigenvalue weighted by atomic mass is 10.0. The number of nitrogens with zero attached hydrogens (tertiary/aromatic N) is 2. The van der Waals surface area contributed by atoms with Crippen molar-refractivity contribution >= 4 is 11.8 Å². The molecule has 2 aromatic rings. The van der Waals surface area contributed by atoms with Crippen molar-refractivity contribution in [2.24, 2.45) is 0 Å². The van der Waals surface area contributed by atoms with E-state index < -0.39 is 16.8 Å². The minimum absolute atomic E-state index is 0.162. The molecule has 0 aliphatic rings. The SMILES string of the molecule is CN(C(=O)Oc1ccc(-c2cc(F)ccc2[N+](=O)[O-])cc1)C(C)(C)C. The van der Waals surface area contributed by atoms with Crippen LogP contribution in [0.5, 0.6) is 5.75 Å². The number of carbonyl (C=O) groups excluding carboxylic acids is 1. The van der Waals surface area contributed by atoms with E-state index in [9.17, 15) is 19.3 Å². The number of rotatable bonds is 3. The van der Waals surface area contributed by atoms with Gasteiger partial charge in [0.1, 0.15) is 11.6 Å². The van der Waals surface area contributed by atoms with Crippen LogP contribution in [0.25, 0.3) is 11.1 Å². The molecule has 1 amide bonds. The zero-order valence-corrected chi connectivity index (χ0v) is 14.4. The lowest BCUT2D eigenvalue weighted by Gasteiger charge is -2.30. The van der Waals surface area contributed by atoms with Crippen molar-refractivity contribution in [1.82, 2.24) is 4.90 Å². The monoisotopic (exact) mass is 346 g/mol. The molecule has 0 atom stereocenters. The van der Waals surface area contributed by atoms with Gasteiger partial charge in [-0.3, -0.25) is 10.1 Å². The third-order valence-corrected chi connectivity index (χ3v) is 3.81. The lowest BCUT2D eigenvalue weighted by Crippen LogP contribution is -2.44. The maximum absolute atomic E-state index is 13.5. The normalized spacial score (nSPS) is 11.1. The Morgan fingerprint density at radius 2 is 1.76 bits per heavy atom. The highest BCUT2D eigenvalue weighted by Crippen LogP contribution is 2.31. The van der Waals surface area contributed by atoms with E-state index >= 15 is 0 Å². The summed E-state index contributed by atoms with van der Waals surface area (Å²) in [5, 5.41) is 11.1. The molecule has 0 unspecified atom stereocenters. The van der Waals surface area contributed by atoms with Crippen molar-refractivity contribution in [1.29, 1.82) is 0 Å². The topological polar surface area (TPSA) is 72.7 Å². The first kappa shape index (κ1) is 18.4. The second-order valence-electron chi connectivity index (χ2n) is 6.54. The summed E-state index contributed by atoms with van der Waals surface area (Å²) in [5.74, 6) is -0.271. The van der Waals surface area contributed by atoms with E-state index in [0.717, 1.165) is 18.2 Å². The van der Waals surface area contributed by atoms with Crippen LogP contribution in [0.3, 0.4) is 0 Å². The fourth-order valence-electron chi connectivity index (χ4n) is 2.04. The molecular weight excluding hydrogens is 327 g/mol. The van der Waals surface area contributed by atoms with Crippen LogP contribution >= 0.6 is 0 Å². The highest BCUT2D eigenvalue weighted by atomic mass is 19.1. The van der Waals surface area contributed by atoms with Gasteiger partial charge in [-0.2, -0.15) is 0 Å². The molecule has 0 aliphatic heterocycles. The number of ether oxygens (including phenoxy) is 1. The number of nitro groups is 1. The molecule has 6 nitrogen and oxygen atoms in total. The second kappa shape index (κ2) is 6.88. The zero-order valence-electron chi connectivity index (χ0n) is 14.4. The Bertz CT molecular complexity index is 798. The zero-order chi connectivity index (χ0) is 18.8. The summed E-state index contributed by atoms with van der Waals surface area (Å²) in [6.45, 7) is 5.63. The molecule has 0 saturated heterocycles. The first-order valence-corrected chi connectivity index (χ1v) is 7.59. The smallest absolute Gasteiger partial charge is 0.410 e. The van der Waals surface area contributed by atoms with Crippen molar-refractivity contribution < 1.29 is 18.8 Å². The Hall–Kier alpha value is -2.96. The Kier molecular flexibility index (Phi) is 5.06. The van der Waals surface area contributed by atoms with E-state index in [1.165, 1.54) is 17.0 Å². The van der Waals surface area contributed by atoms with Gasteiger partial charge in [0, 0.05) is 18.7 Å². The van der Waals surface area contributed by atoms with Crippen LogP contribution in [-0.2, 0) is 0 Å². The molecule has 0 heterocycles. The quantitative estimate of drug-likeness (QED) is 0.600. The number of carbonyl (C=O) groups is 1. The van der Waals surface area contributed by atoms with E-state index in [1.807, 2.05) is 20.8 Å². The number of amides is 1. The highest BCUT2D eigenvalue weighted by Gasteiger charge is 2.24. The second-order valence-corrected chi connectivity index (χ2v) is 6.54. The van der Waals surface area contributed by atoms with Gasteiger partial charge in [0.15, 0.2) is 0 Å². The maximum Gasteiger partial charge on any atom is 0.415 e. The largest absolute Gasteiger partial charge is 0.415 e. The Morgan fingerprint density at radius 3 is 2.28 bits per heavy atom. The highest BCUT2D eigenvalue weighted by molar-refractivity contribution is 5.75. The van der Waals surface area contributed by atoms with Crippen molar-refractivity contribution in [2.45, 2.75) is 26.3 Å². The number of halogens is 1. The summed E-state index contributed by atoms with van der Waals surface area (Å²) in [6.07, 6.45) is -0.517. The maximum atomic E-state index is 13.5. The predicted octanol–water partition coefficient (Wildman–Crippen LogP) is 4.63. The van der Waals surface area contributed by atoms with Crippen LogP contribution in [0.4, 0.5) is 14.9 Å². The van der Waals surface area contributed by atoms with E-state index in [0.29, 0.717) is 11.3 Å². The summed E-state index contributed by atoms with van der Waals surface area (Å²) in [4.78, 5) is 24.1. The Morgan fingerprint density at radius 1 is 1.16 bits per heavy atom. The average molecular weight is 346 g/mol. The first-order valence-electron chi connectivity index (χ1n) is 7.59. The van der Waals surface area contributed by atoms with Crippen LogP contribution in [0.1, 0.15) is 20.8 Å². The number of hydrogen-bond donors (Lipinski definition) is 0. The van der Waals surface area contributed by atoms with Crippen LogP contribution in [-0.4, -0.2) is 28.5 Å². The van der Waals surface area contributed by atoms with Gasteiger partial charge in [-0.25, -0.2) is 9.18 Å². The van der Waals surface area contributed by atoms with Gasteiger partial charge in [0.25, 0.3) is 5.69 Å². The van der Waals surface area contributed by atoms with E-state index in [2.05, 4.69) is 0 Å². The molecule has 0 fully saturated rings. The fourth-order valence-corrected chi connectivity index (χ4v) is 2.04. The number of benzene rings is 2. The number of hydrogen-bond acceptors (Lipinski definition) is 4. The first-order chi connectivity index (χ1) is 11.6. The van der Waals surface area contributed by atoms with E-state index in [-0.39, 0.29) is 16.8 Å². The molecular formula is C18H19FN2O4. The van der Waals surface area contributed by atoms with Gasteiger partial charge in [-0.15, -0.1) is 0 Å². The molecule has 2 aromatic carbocycles. The van der Waals surface area contributed by atoms with Crippen molar-refractivity contribution in [3.63, 3.8) is 0 Å². The van der Waals surface area contributed by atoms with Gasteiger partial charge < -0.3 is 9.64 Å². The third kappa shape index (κ3) is 4.32. The number of nitro benzene ring substituents is 1. The van der Waals surface area contributed by atoms with Gasteiger partial charge in [-0.1, -0.05) is 12.1 Å². The molecule has 132 valence electrons. The standard InChI is InChI=1S/C18H19FN2O4/c1-18(2,3)20(4)17(22)25-14-8-5-12(6-9-14)15-11-13(19)7-10-16(15)21(23)24/h5-11H,1-4H3. The lowest BCUT2D eigenvalue weighted by molar-refractivity contribution is -0.384. The summed E-state index contributed by atoms with van der Waals surface area (Å²) in [7, 11) is 1.63. The van der Waals surface area contributed by atoms with Crippen molar-refractivity contribution in [3.05, 3.63) is 58.4 Å². The molecule has 0 N–H and O–H groups in total. The van der Waals surface area contributed by atoms with Crippen LogP contribution in [0.15, 0.2) is 42.5 Å². The minimum atomic E-state index is -0.568. The molecule has 2 rings (SSSR count). The van der Waals surface area contributed by atoms with Gasteiger partial charge >= 0.3 is 6.09 Å². The molecule has 0 aromatic heterocycles. The van der Waals surface area contributed by atoms with E-state index in [4.69, 9.17) is 4.74 Å². The van der Waals surface area contributed by atoms with Crippen LogP contribution in [0.2, 0.25) is 0 Å².